The predicted molar refractivity (Wildman–Crippen MR) is 57.5 cm³/mol. The fourth-order valence-corrected chi connectivity index (χ4v) is 1.89. The van der Waals surface area contributed by atoms with Crippen molar-refractivity contribution in [3.8, 4) is 11.5 Å². The smallest absolute Gasteiger partial charge is 0.373 e. The first-order valence-corrected chi connectivity index (χ1v) is 5.41. The maximum atomic E-state index is 10.9. The first-order chi connectivity index (χ1) is 7.72. The van der Waals surface area contributed by atoms with E-state index >= 15 is 0 Å². The van der Waals surface area contributed by atoms with Crippen molar-refractivity contribution in [1.29, 1.82) is 0 Å². The van der Waals surface area contributed by atoms with Crippen LogP contribution >= 0.6 is 11.3 Å². The third-order valence-corrected chi connectivity index (χ3v) is 2.62. The molecule has 2 aromatic heterocycles. The van der Waals surface area contributed by atoms with E-state index in [0.717, 1.165) is 5.56 Å². The highest BCUT2D eigenvalue weighted by atomic mass is 32.1. The average Bonchev–Trinajstić information content (AvgIpc) is 2.83. The van der Waals surface area contributed by atoms with E-state index in [9.17, 15) is 4.79 Å². The van der Waals surface area contributed by atoms with Gasteiger partial charge in [-0.25, -0.2) is 9.78 Å². The van der Waals surface area contributed by atoms with E-state index in [1.165, 1.54) is 18.4 Å². The van der Waals surface area contributed by atoms with Gasteiger partial charge in [0.15, 0.2) is 0 Å². The molecule has 0 radical (unpaired) electrons. The van der Waals surface area contributed by atoms with Crippen molar-refractivity contribution < 1.29 is 19.1 Å². The van der Waals surface area contributed by atoms with Gasteiger partial charge in [-0.05, 0) is 11.4 Å². The second-order valence-corrected chi connectivity index (χ2v) is 3.83. The minimum atomic E-state index is -1.14. The molecule has 6 heteroatoms. The van der Waals surface area contributed by atoms with E-state index in [2.05, 4.69) is 4.98 Å². The molecule has 5 nitrogen and oxygen atoms in total. The van der Waals surface area contributed by atoms with Gasteiger partial charge in [-0.1, -0.05) is 0 Å². The summed E-state index contributed by atoms with van der Waals surface area (Å²) in [7, 11) is 1.48. The second kappa shape index (κ2) is 4.46. The molecule has 0 aliphatic heterocycles. The topological polar surface area (TPSA) is 72.6 Å². The average molecular weight is 239 g/mol. The molecular weight excluding hydrogens is 230 g/mol. The van der Waals surface area contributed by atoms with Crippen LogP contribution in [-0.2, 0) is 11.3 Å². The van der Waals surface area contributed by atoms with E-state index in [1.54, 1.807) is 0 Å². The van der Waals surface area contributed by atoms with Crippen molar-refractivity contribution >= 4 is 17.3 Å². The molecule has 0 spiro atoms. The first-order valence-electron chi connectivity index (χ1n) is 4.47. The lowest BCUT2D eigenvalue weighted by Crippen LogP contribution is -2.00. The first kappa shape index (κ1) is 10.8. The molecule has 84 valence electrons. The number of aromatic nitrogens is 1. The standard InChI is InChI=1S/C10H9NO4S/c1-14-4-7-8(10(12)13)15-9(11-7)6-2-3-16-5-6/h2-3,5H,4H2,1H3,(H,12,13). The summed E-state index contributed by atoms with van der Waals surface area (Å²) >= 11 is 1.49. The van der Waals surface area contributed by atoms with Gasteiger partial charge in [-0.2, -0.15) is 11.3 Å². The van der Waals surface area contributed by atoms with Crippen molar-refractivity contribution in [1.82, 2.24) is 4.98 Å². The summed E-state index contributed by atoms with van der Waals surface area (Å²) in [6.07, 6.45) is 0. The Bertz CT molecular complexity index is 489. The summed E-state index contributed by atoms with van der Waals surface area (Å²) in [5.74, 6) is -0.991. The molecule has 0 aromatic carbocycles. The van der Waals surface area contributed by atoms with E-state index in [4.69, 9.17) is 14.3 Å². The minimum absolute atomic E-state index is 0.120. The number of carbonyl (C=O) groups is 1. The Hall–Kier alpha value is -1.66. The number of methoxy groups -OCH3 is 1. The molecule has 2 rings (SSSR count). The molecule has 1 N–H and O–H groups in total. The number of nitrogens with zero attached hydrogens (tertiary/aromatic N) is 1. The summed E-state index contributed by atoms with van der Waals surface area (Å²) in [4.78, 5) is 15.0. The van der Waals surface area contributed by atoms with Crippen molar-refractivity contribution in [3.63, 3.8) is 0 Å². The number of hydrogen-bond donors (Lipinski definition) is 1. The number of rotatable bonds is 4. The lowest BCUT2D eigenvalue weighted by atomic mass is 10.3. The quantitative estimate of drug-likeness (QED) is 0.885. The van der Waals surface area contributed by atoms with Crippen LogP contribution in [0.3, 0.4) is 0 Å². The number of hydrogen-bond acceptors (Lipinski definition) is 5. The number of carboxylic acid groups (broad SMARTS) is 1. The van der Waals surface area contributed by atoms with Crippen LogP contribution in [0.25, 0.3) is 11.5 Å². The highest BCUT2D eigenvalue weighted by molar-refractivity contribution is 7.08. The largest absolute Gasteiger partial charge is 0.475 e. The third-order valence-electron chi connectivity index (χ3n) is 1.94. The van der Waals surface area contributed by atoms with Crippen molar-refractivity contribution in [2.45, 2.75) is 6.61 Å². The maximum absolute atomic E-state index is 10.9. The molecule has 0 amide bonds. The summed E-state index contributed by atoms with van der Waals surface area (Å²) in [6.45, 7) is 0.120. The zero-order chi connectivity index (χ0) is 11.5. The fraction of sp³-hybridized carbons (Fsp3) is 0.200. The fourth-order valence-electron chi connectivity index (χ4n) is 1.26. The third kappa shape index (κ3) is 1.98. The Morgan fingerprint density at radius 3 is 3.06 bits per heavy atom. The Kier molecular flexibility index (Phi) is 3.02. The SMILES string of the molecule is COCc1nc(-c2ccsc2)oc1C(=O)O. The molecule has 0 aliphatic rings. The van der Waals surface area contributed by atoms with E-state index in [-0.39, 0.29) is 12.4 Å². The molecule has 0 fully saturated rings. The van der Waals surface area contributed by atoms with Crippen molar-refractivity contribution in [2.24, 2.45) is 0 Å². The van der Waals surface area contributed by atoms with Crippen LogP contribution in [0.4, 0.5) is 0 Å². The van der Waals surface area contributed by atoms with Gasteiger partial charge in [0, 0.05) is 18.1 Å². The minimum Gasteiger partial charge on any atom is -0.475 e. The van der Waals surface area contributed by atoms with Gasteiger partial charge < -0.3 is 14.3 Å². The van der Waals surface area contributed by atoms with Crippen molar-refractivity contribution in [3.05, 3.63) is 28.3 Å². The number of aromatic carboxylic acids is 1. The van der Waals surface area contributed by atoms with E-state index < -0.39 is 5.97 Å². The van der Waals surface area contributed by atoms with Crippen molar-refractivity contribution in [2.75, 3.05) is 7.11 Å². The van der Waals surface area contributed by atoms with E-state index in [0.29, 0.717) is 11.6 Å². The number of ether oxygens (including phenoxy) is 1. The summed E-state index contributed by atoms with van der Waals surface area (Å²) in [5, 5.41) is 12.6. The zero-order valence-electron chi connectivity index (χ0n) is 8.47. The van der Waals surface area contributed by atoms with Crippen LogP contribution in [-0.4, -0.2) is 23.2 Å². The van der Waals surface area contributed by atoms with Gasteiger partial charge in [0.25, 0.3) is 0 Å². The van der Waals surface area contributed by atoms with Gasteiger partial charge >= 0.3 is 5.97 Å². The van der Waals surface area contributed by atoms with E-state index in [1.807, 2.05) is 16.8 Å². The number of carboxylic acids is 1. The van der Waals surface area contributed by atoms with Crippen LogP contribution < -0.4 is 0 Å². The summed E-state index contributed by atoms with van der Waals surface area (Å²) in [6, 6.07) is 1.82. The molecule has 0 aliphatic carbocycles. The second-order valence-electron chi connectivity index (χ2n) is 3.05. The van der Waals surface area contributed by atoms with Gasteiger partial charge in [0.05, 0.1) is 6.61 Å². The van der Waals surface area contributed by atoms with Gasteiger partial charge in [0.1, 0.15) is 5.69 Å². The molecule has 0 bridgehead atoms. The van der Waals surface area contributed by atoms with Crippen LogP contribution in [0, 0.1) is 0 Å². The molecule has 2 heterocycles. The normalized spacial score (nSPS) is 10.6. The molecule has 2 aromatic rings. The monoisotopic (exact) mass is 239 g/mol. The maximum Gasteiger partial charge on any atom is 0.373 e. The molecule has 0 atom stereocenters. The summed E-state index contributed by atoms with van der Waals surface area (Å²) < 4.78 is 10.1. The number of thiophene rings is 1. The molecular formula is C10H9NO4S. The summed E-state index contributed by atoms with van der Waals surface area (Å²) in [5.41, 5.74) is 1.08. The Labute approximate surface area is 95.3 Å². The Morgan fingerprint density at radius 1 is 1.69 bits per heavy atom. The highest BCUT2D eigenvalue weighted by Gasteiger charge is 2.20. The lowest BCUT2D eigenvalue weighted by Gasteiger charge is -1.92. The molecule has 0 saturated carbocycles. The predicted octanol–water partition coefficient (Wildman–Crippen LogP) is 2.25. The zero-order valence-corrected chi connectivity index (χ0v) is 9.28. The van der Waals surface area contributed by atoms with Crippen LogP contribution in [0.1, 0.15) is 16.2 Å². The number of oxazole rings is 1. The van der Waals surface area contributed by atoms with Crippen LogP contribution in [0.15, 0.2) is 21.2 Å². The Morgan fingerprint density at radius 2 is 2.50 bits per heavy atom. The lowest BCUT2D eigenvalue weighted by molar-refractivity contribution is 0.0656. The Balaban J connectivity index is 2.42. The molecule has 16 heavy (non-hydrogen) atoms. The van der Waals surface area contributed by atoms with Gasteiger partial charge in [-0.3, -0.25) is 0 Å². The van der Waals surface area contributed by atoms with Gasteiger partial charge in [0.2, 0.25) is 11.7 Å². The van der Waals surface area contributed by atoms with Crippen LogP contribution in [0.2, 0.25) is 0 Å². The molecule has 0 unspecified atom stereocenters. The van der Waals surface area contributed by atoms with Gasteiger partial charge in [-0.15, -0.1) is 0 Å². The highest BCUT2D eigenvalue weighted by Crippen LogP contribution is 2.24. The van der Waals surface area contributed by atoms with Crippen LogP contribution in [0.5, 0.6) is 0 Å². The molecule has 0 saturated heterocycles.